The lowest BCUT2D eigenvalue weighted by Crippen LogP contribution is -2.41. The van der Waals surface area contributed by atoms with E-state index in [9.17, 15) is 4.79 Å². The highest BCUT2D eigenvalue weighted by atomic mass is 16.6. The van der Waals surface area contributed by atoms with E-state index < -0.39 is 0 Å². The Balaban J connectivity index is 2.34. The summed E-state index contributed by atoms with van der Waals surface area (Å²) in [6.07, 6.45) is 0.837. The van der Waals surface area contributed by atoms with Gasteiger partial charge in [-0.1, -0.05) is 6.92 Å². The largest absolute Gasteiger partial charge is 0.460 e. The third-order valence-electron chi connectivity index (χ3n) is 2.91. The summed E-state index contributed by atoms with van der Waals surface area (Å²) >= 11 is 0. The monoisotopic (exact) mass is 259 g/mol. The minimum Gasteiger partial charge on any atom is -0.460 e. The lowest BCUT2D eigenvalue weighted by atomic mass is 10.0. The van der Waals surface area contributed by atoms with Crippen molar-refractivity contribution in [3.63, 3.8) is 0 Å². The second kappa shape index (κ2) is 8.45. The SMILES string of the molecule is CCCNC1COCC1C(=O)OC(C)COCC. The van der Waals surface area contributed by atoms with Gasteiger partial charge in [0.1, 0.15) is 6.10 Å². The van der Waals surface area contributed by atoms with Gasteiger partial charge >= 0.3 is 5.97 Å². The van der Waals surface area contributed by atoms with Crippen LogP contribution in [0.25, 0.3) is 0 Å². The summed E-state index contributed by atoms with van der Waals surface area (Å²) in [6, 6.07) is 0.0803. The average molecular weight is 259 g/mol. The van der Waals surface area contributed by atoms with E-state index in [4.69, 9.17) is 14.2 Å². The van der Waals surface area contributed by atoms with Gasteiger partial charge in [0.15, 0.2) is 0 Å². The molecule has 0 spiro atoms. The number of ether oxygens (including phenoxy) is 3. The van der Waals surface area contributed by atoms with Crippen LogP contribution < -0.4 is 5.32 Å². The topological polar surface area (TPSA) is 56.8 Å². The Morgan fingerprint density at radius 2 is 2.22 bits per heavy atom. The van der Waals surface area contributed by atoms with Crippen LogP contribution in [0.1, 0.15) is 27.2 Å². The maximum atomic E-state index is 12.0. The van der Waals surface area contributed by atoms with Crippen molar-refractivity contribution in [3.05, 3.63) is 0 Å². The van der Waals surface area contributed by atoms with Gasteiger partial charge in [-0.3, -0.25) is 4.79 Å². The second-order valence-electron chi connectivity index (χ2n) is 4.61. The summed E-state index contributed by atoms with van der Waals surface area (Å²) in [5, 5.41) is 3.32. The predicted molar refractivity (Wildman–Crippen MR) is 68.4 cm³/mol. The fraction of sp³-hybridized carbons (Fsp3) is 0.923. The van der Waals surface area contributed by atoms with E-state index in [0.717, 1.165) is 13.0 Å². The summed E-state index contributed by atoms with van der Waals surface area (Å²) in [4.78, 5) is 12.0. The van der Waals surface area contributed by atoms with Crippen molar-refractivity contribution in [1.82, 2.24) is 5.32 Å². The molecular formula is C13H25NO4. The van der Waals surface area contributed by atoms with Gasteiger partial charge in [0.2, 0.25) is 0 Å². The fourth-order valence-electron chi connectivity index (χ4n) is 1.92. The number of carbonyl (C=O) groups excluding carboxylic acids is 1. The third kappa shape index (κ3) is 4.92. The Morgan fingerprint density at radius 3 is 2.89 bits per heavy atom. The van der Waals surface area contributed by atoms with Gasteiger partial charge in [-0.05, 0) is 26.8 Å². The molecule has 3 atom stereocenters. The molecule has 0 radical (unpaired) electrons. The quantitative estimate of drug-likeness (QED) is 0.658. The zero-order valence-electron chi connectivity index (χ0n) is 11.6. The Morgan fingerprint density at radius 1 is 1.44 bits per heavy atom. The molecular weight excluding hydrogens is 234 g/mol. The normalized spacial score (nSPS) is 25.1. The molecule has 106 valence electrons. The van der Waals surface area contributed by atoms with Crippen molar-refractivity contribution in [2.75, 3.05) is 33.0 Å². The Labute approximate surface area is 109 Å². The van der Waals surface area contributed by atoms with Crippen LogP contribution in [0.15, 0.2) is 0 Å². The fourth-order valence-corrected chi connectivity index (χ4v) is 1.92. The zero-order valence-corrected chi connectivity index (χ0v) is 11.6. The number of hydrogen-bond acceptors (Lipinski definition) is 5. The first kappa shape index (κ1) is 15.4. The van der Waals surface area contributed by atoms with Crippen LogP contribution in [0.5, 0.6) is 0 Å². The lowest BCUT2D eigenvalue weighted by Gasteiger charge is -2.20. The van der Waals surface area contributed by atoms with Gasteiger partial charge in [0.05, 0.1) is 25.7 Å². The van der Waals surface area contributed by atoms with Crippen LogP contribution in [0.4, 0.5) is 0 Å². The number of nitrogens with one attached hydrogen (secondary N) is 1. The van der Waals surface area contributed by atoms with Crippen LogP contribution in [0, 0.1) is 5.92 Å². The smallest absolute Gasteiger partial charge is 0.313 e. The highest BCUT2D eigenvalue weighted by Crippen LogP contribution is 2.16. The first-order valence-electron chi connectivity index (χ1n) is 6.78. The molecule has 0 saturated carbocycles. The maximum absolute atomic E-state index is 12.0. The minimum atomic E-state index is -0.204. The highest BCUT2D eigenvalue weighted by molar-refractivity contribution is 5.74. The lowest BCUT2D eigenvalue weighted by molar-refractivity contribution is -0.156. The highest BCUT2D eigenvalue weighted by Gasteiger charge is 2.35. The molecule has 18 heavy (non-hydrogen) atoms. The minimum absolute atomic E-state index is 0.0803. The van der Waals surface area contributed by atoms with E-state index in [0.29, 0.717) is 26.4 Å². The molecule has 0 amide bonds. The molecule has 0 aliphatic carbocycles. The molecule has 3 unspecified atom stereocenters. The molecule has 5 heteroatoms. The van der Waals surface area contributed by atoms with Gasteiger partial charge in [-0.25, -0.2) is 0 Å². The van der Waals surface area contributed by atoms with Crippen LogP contribution >= 0.6 is 0 Å². The second-order valence-corrected chi connectivity index (χ2v) is 4.61. The Kier molecular flexibility index (Phi) is 7.23. The molecule has 1 N–H and O–H groups in total. The van der Waals surface area contributed by atoms with Crippen LogP contribution in [-0.4, -0.2) is 51.1 Å². The van der Waals surface area contributed by atoms with Crippen molar-refractivity contribution in [1.29, 1.82) is 0 Å². The van der Waals surface area contributed by atoms with Gasteiger partial charge in [0.25, 0.3) is 0 Å². The molecule has 0 aromatic rings. The Bertz CT molecular complexity index is 247. The zero-order chi connectivity index (χ0) is 13.4. The summed E-state index contributed by atoms with van der Waals surface area (Å²) < 4.78 is 15.9. The number of hydrogen-bond donors (Lipinski definition) is 1. The van der Waals surface area contributed by atoms with Gasteiger partial charge in [-0.2, -0.15) is 0 Å². The van der Waals surface area contributed by atoms with Crippen LogP contribution in [-0.2, 0) is 19.0 Å². The summed E-state index contributed by atoms with van der Waals surface area (Å²) in [7, 11) is 0. The molecule has 1 saturated heterocycles. The van der Waals surface area contributed by atoms with E-state index >= 15 is 0 Å². The van der Waals surface area contributed by atoms with Gasteiger partial charge in [0, 0.05) is 12.6 Å². The first-order chi connectivity index (χ1) is 8.69. The van der Waals surface area contributed by atoms with E-state index in [-0.39, 0.29) is 24.0 Å². The summed E-state index contributed by atoms with van der Waals surface area (Å²) in [5.41, 5.74) is 0. The molecule has 0 aromatic carbocycles. The van der Waals surface area contributed by atoms with E-state index in [2.05, 4.69) is 12.2 Å². The molecule has 0 aromatic heterocycles. The first-order valence-corrected chi connectivity index (χ1v) is 6.78. The molecule has 5 nitrogen and oxygen atoms in total. The number of esters is 1. The average Bonchev–Trinajstić information content (AvgIpc) is 2.82. The molecule has 0 bridgehead atoms. The van der Waals surface area contributed by atoms with E-state index in [1.54, 1.807) is 0 Å². The molecule has 1 fully saturated rings. The van der Waals surface area contributed by atoms with Crippen molar-refractivity contribution in [3.8, 4) is 0 Å². The van der Waals surface area contributed by atoms with Crippen LogP contribution in [0.2, 0.25) is 0 Å². The van der Waals surface area contributed by atoms with Crippen molar-refractivity contribution >= 4 is 5.97 Å². The third-order valence-corrected chi connectivity index (χ3v) is 2.91. The van der Waals surface area contributed by atoms with Gasteiger partial charge in [-0.15, -0.1) is 0 Å². The summed E-state index contributed by atoms with van der Waals surface area (Å²) in [5.74, 6) is -0.381. The van der Waals surface area contributed by atoms with Crippen molar-refractivity contribution in [2.45, 2.75) is 39.3 Å². The summed E-state index contributed by atoms with van der Waals surface area (Å²) in [6.45, 7) is 8.87. The molecule has 1 aliphatic rings. The van der Waals surface area contributed by atoms with Crippen molar-refractivity contribution in [2.24, 2.45) is 5.92 Å². The number of carbonyl (C=O) groups is 1. The molecule has 1 aliphatic heterocycles. The molecule has 1 heterocycles. The van der Waals surface area contributed by atoms with E-state index in [1.807, 2.05) is 13.8 Å². The van der Waals surface area contributed by atoms with Crippen LogP contribution in [0.3, 0.4) is 0 Å². The van der Waals surface area contributed by atoms with E-state index in [1.165, 1.54) is 0 Å². The molecule has 1 rings (SSSR count). The van der Waals surface area contributed by atoms with Gasteiger partial charge < -0.3 is 19.5 Å². The Hall–Kier alpha value is -0.650. The number of rotatable bonds is 8. The standard InChI is InChI=1S/C13H25NO4/c1-4-6-14-12-9-17-8-11(12)13(15)18-10(3)7-16-5-2/h10-12,14H,4-9H2,1-3H3. The maximum Gasteiger partial charge on any atom is 0.313 e. The predicted octanol–water partition coefficient (Wildman–Crippen LogP) is 0.969. The van der Waals surface area contributed by atoms with Crippen molar-refractivity contribution < 1.29 is 19.0 Å².